The third kappa shape index (κ3) is 3.69. The Morgan fingerprint density at radius 2 is 2.14 bits per heavy atom. The highest BCUT2D eigenvalue weighted by atomic mass is 32.1. The molecule has 2 aromatic rings. The number of thiazole rings is 1. The van der Waals surface area contributed by atoms with Crippen molar-refractivity contribution in [1.82, 2.24) is 4.57 Å². The van der Waals surface area contributed by atoms with Crippen LogP contribution in [0.2, 0.25) is 0 Å². The fourth-order valence-electron chi connectivity index (χ4n) is 2.68. The Morgan fingerprint density at radius 3 is 2.79 bits per heavy atom. The molecule has 0 atom stereocenters. The second kappa shape index (κ2) is 7.95. The molecule has 0 saturated carbocycles. The normalized spacial score (nSPS) is 13.9. The topological polar surface area (TPSA) is 110 Å². The predicted molar refractivity (Wildman–Crippen MR) is 107 cm³/mol. The van der Waals surface area contributed by atoms with Gasteiger partial charge in [-0.2, -0.15) is 0 Å². The molecule has 0 unspecified atom stereocenters. The summed E-state index contributed by atoms with van der Waals surface area (Å²) in [6.07, 6.45) is 1.55. The number of nitrogens with zero attached hydrogens (tertiary/aromatic N) is 2. The zero-order chi connectivity index (χ0) is 20.4. The summed E-state index contributed by atoms with van der Waals surface area (Å²) < 4.78 is 11.6. The van der Waals surface area contributed by atoms with Crippen LogP contribution in [-0.4, -0.2) is 46.1 Å². The van der Waals surface area contributed by atoms with Crippen molar-refractivity contribution in [3.63, 3.8) is 0 Å². The smallest absolute Gasteiger partial charge is 0.357 e. The summed E-state index contributed by atoms with van der Waals surface area (Å²) in [5, 5.41) is 19.4. The van der Waals surface area contributed by atoms with Gasteiger partial charge < -0.3 is 19.7 Å². The van der Waals surface area contributed by atoms with E-state index in [0.717, 1.165) is 15.9 Å². The Hall–Kier alpha value is -2.98. The van der Waals surface area contributed by atoms with E-state index in [0.29, 0.717) is 27.5 Å². The van der Waals surface area contributed by atoms with Crippen LogP contribution in [0, 0.1) is 3.95 Å². The maximum Gasteiger partial charge on any atom is 0.357 e. The average molecular weight is 420 g/mol. The first-order valence-corrected chi connectivity index (χ1v) is 9.38. The predicted octanol–water partition coefficient (Wildman–Crippen LogP) is 3.27. The first-order chi connectivity index (χ1) is 13.3. The van der Waals surface area contributed by atoms with Crippen molar-refractivity contribution < 1.29 is 29.3 Å². The van der Waals surface area contributed by atoms with Gasteiger partial charge in [0.15, 0.2) is 9.67 Å². The van der Waals surface area contributed by atoms with Crippen LogP contribution in [0.3, 0.4) is 0 Å². The number of esters is 1. The quantitative estimate of drug-likeness (QED) is 0.545. The summed E-state index contributed by atoms with van der Waals surface area (Å²) in [5.41, 5.74) is 1.71. The van der Waals surface area contributed by atoms with E-state index in [9.17, 15) is 14.7 Å². The van der Waals surface area contributed by atoms with E-state index in [1.165, 1.54) is 7.11 Å². The number of rotatable bonds is 6. The Bertz CT molecular complexity index is 1080. The van der Waals surface area contributed by atoms with Crippen LogP contribution in [0.1, 0.15) is 17.4 Å². The van der Waals surface area contributed by atoms with Crippen molar-refractivity contribution in [1.29, 1.82) is 0 Å². The fourth-order valence-corrected chi connectivity index (χ4v) is 3.93. The number of aliphatic imine (C=N–C) groups is 1. The highest BCUT2D eigenvalue weighted by molar-refractivity contribution is 7.73. The molecule has 0 amide bonds. The number of benzene rings is 1. The van der Waals surface area contributed by atoms with Crippen molar-refractivity contribution in [2.45, 2.75) is 13.5 Å². The summed E-state index contributed by atoms with van der Waals surface area (Å²) in [5.74, 6) is -1.44. The Labute approximate surface area is 169 Å². The van der Waals surface area contributed by atoms with E-state index >= 15 is 0 Å². The van der Waals surface area contributed by atoms with Gasteiger partial charge in [-0.15, -0.1) is 11.3 Å². The molecule has 1 aliphatic rings. The number of aliphatic carboxylic acids is 1. The lowest BCUT2D eigenvalue weighted by molar-refractivity contribution is -0.138. The van der Waals surface area contributed by atoms with E-state index in [4.69, 9.17) is 26.8 Å². The molecule has 3 rings (SSSR count). The standard InChI is InChI=1S/C18H16N2O6S2/c1-3-26-17(24)15-11(10-6-9(25-2)4-5-12(10)19-15)7-13-16(23)20(8-14(21)22)18(27)28-13/h4-7,23H,3,8H2,1-2H3,(H,21,22). The molecule has 1 aromatic heterocycles. The molecule has 10 heteroatoms. The van der Waals surface area contributed by atoms with E-state index in [2.05, 4.69) is 4.99 Å². The summed E-state index contributed by atoms with van der Waals surface area (Å²) in [7, 11) is 1.52. The number of fused-ring (bicyclic) bond motifs is 1. The zero-order valence-corrected chi connectivity index (χ0v) is 16.6. The maximum absolute atomic E-state index is 12.4. The number of methoxy groups -OCH3 is 1. The van der Waals surface area contributed by atoms with Gasteiger partial charge in [-0.25, -0.2) is 9.79 Å². The summed E-state index contributed by atoms with van der Waals surface area (Å²) in [6.45, 7) is 1.41. The molecule has 0 fully saturated rings. The minimum atomic E-state index is -1.13. The van der Waals surface area contributed by atoms with Crippen molar-refractivity contribution in [2.75, 3.05) is 13.7 Å². The molecule has 1 aliphatic heterocycles. The number of aromatic hydroxyl groups is 1. The van der Waals surface area contributed by atoms with Gasteiger partial charge in [-0.1, -0.05) is 0 Å². The minimum Gasteiger partial charge on any atom is -0.497 e. The molecular formula is C18H16N2O6S2. The number of hydrogen-bond acceptors (Lipinski definition) is 8. The van der Waals surface area contributed by atoms with Crippen LogP contribution in [0.15, 0.2) is 23.2 Å². The average Bonchev–Trinajstić information content (AvgIpc) is 3.14. The van der Waals surface area contributed by atoms with Gasteiger partial charge in [-0.3, -0.25) is 9.36 Å². The molecule has 0 radical (unpaired) electrons. The highest BCUT2D eigenvalue weighted by Crippen LogP contribution is 2.40. The van der Waals surface area contributed by atoms with Gasteiger partial charge in [-0.05, 0) is 43.4 Å². The number of aromatic nitrogens is 1. The van der Waals surface area contributed by atoms with E-state index < -0.39 is 18.5 Å². The van der Waals surface area contributed by atoms with Crippen LogP contribution in [0.4, 0.5) is 5.69 Å². The van der Waals surface area contributed by atoms with Crippen LogP contribution in [0.25, 0.3) is 11.6 Å². The third-order valence-electron chi connectivity index (χ3n) is 3.91. The first-order valence-electron chi connectivity index (χ1n) is 8.16. The number of ether oxygens (including phenoxy) is 2. The lowest BCUT2D eigenvalue weighted by Crippen LogP contribution is -2.16. The monoisotopic (exact) mass is 420 g/mol. The third-order valence-corrected chi connectivity index (χ3v) is 5.30. The number of hydrogen-bond donors (Lipinski definition) is 2. The zero-order valence-electron chi connectivity index (χ0n) is 15.0. The molecule has 0 spiro atoms. The number of carboxylic acids is 1. The van der Waals surface area contributed by atoms with Crippen molar-refractivity contribution >= 4 is 58.5 Å². The second-order valence-electron chi connectivity index (χ2n) is 5.66. The van der Waals surface area contributed by atoms with Crippen LogP contribution < -0.4 is 4.74 Å². The molecule has 0 saturated heterocycles. The largest absolute Gasteiger partial charge is 0.497 e. The number of carbonyl (C=O) groups is 2. The highest BCUT2D eigenvalue weighted by Gasteiger charge is 2.29. The molecule has 2 N–H and O–H groups in total. The second-order valence-corrected chi connectivity index (χ2v) is 7.33. The summed E-state index contributed by atoms with van der Waals surface area (Å²) in [6, 6.07) is 5.16. The summed E-state index contributed by atoms with van der Waals surface area (Å²) >= 11 is 6.18. The molecule has 8 nitrogen and oxygen atoms in total. The van der Waals surface area contributed by atoms with Crippen LogP contribution in [0.5, 0.6) is 11.6 Å². The van der Waals surface area contributed by atoms with Crippen LogP contribution in [-0.2, 0) is 20.9 Å². The van der Waals surface area contributed by atoms with E-state index in [1.807, 2.05) is 0 Å². The Kier molecular flexibility index (Phi) is 5.61. The SMILES string of the molecule is CCOC(=O)C1=Nc2ccc(OC)cc2C1=Cc1sc(=S)n(CC(=O)O)c1O. The summed E-state index contributed by atoms with van der Waals surface area (Å²) in [4.78, 5) is 28.0. The maximum atomic E-state index is 12.4. The van der Waals surface area contributed by atoms with Crippen LogP contribution >= 0.6 is 23.6 Å². The lowest BCUT2D eigenvalue weighted by Gasteiger charge is -2.06. The molecule has 0 bridgehead atoms. The number of carbonyl (C=O) groups excluding carboxylic acids is 1. The molecule has 2 heterocycles. The minimum absolute atomic E-state index is 0.0913. The van der Waals surface area contributed by atoms with Gasteiger partial charge >= 0.3 is 11.9 Å². The molecule has 0 aliphatic carbocycles. The van der Waals surface area contributed by atoms with Gasteiger partial charge in [0.25, 0.3) is 0 Å². The first kappa shape index (κ1) is 19.8. The van der Waals surface area contributed by atoms with Gasteiger partial charge in [0.2, 0.25) is 5.88 Å². The lowest BCUT2D eigenvalue weighted by atomic mass is 10.0. The van der Waals surface area contributed by atoms with Crippen molar-refractivity contribution in [3.8, 4) is 11.6 Å². The Balaban J connectivity index is 2.15. The van der Waals surface area contributed by atoms with E-state index in [-0.39, 0.29) is 22.2 Å². The molecular weight excluding hydrogens is 404 g/mol. The Morgan fingerprint density at radius 1 is 1.39 bits per heavy atom. The van der Waals surface area contributed by atoms with Crippen molar-refractivity contribution in [2.24, 2.45) is 4.99 Å². The van der Waals surface area contributed by atoms with Gasteiger partial charge in [0.05, 0.1) is 24.3 Å². The van der Waals surface area contributed by atoms with Gasteiger partial charge in [0, 0.05) is 11.1 Å². The fraction of sp³-hybridized carbons (Fsp3) is 0.222. The molecule has 28 heavy (non-hydrogen) atoms. The van der Waals surface area contributed by atoms with Crippen molar-refractivity contribution in [3.05, 3.63) is 32.6 Å². The van der Waals surface area contributed by atoms with E-state index in [1.54, 1.807) is 31.2 Å². The number of carboxylic acid groups (broad SMARTS) is 1. The molecule has 146 valence electrons. The molecule has 1 aromatic carbocycles. The van der Waals surface area contributed by atoms with Gasteiger partial charge in [0.1, 0.15) is 12.3 Å².